The topological polar surface area (TPSA) is 134 Å². The van der Waals surface area contributed by atoms with Crippen LogP contribution in [0.1, 0.15) is 72.8 Å². The number of ether oxygens (including phenoxy) is 1. The molecule has 1 aromatic rings. The van der Waals surface area contributed by atoms with Crippen molar-refractivity contribution in [3.63, 3.8) is 0 Å². The van der Waals surface area contributed by atoms with Crippen LogP contribution in [0.2, 0.25) is 0 Å². The minimum Gasteiger partial charge on any atom is -0.444 e. The van der Waals surface area contributed by atoms with Gasteiger partial charge < -0.3 is 25.6 Å². The van der Waals surface area contributed by atoms with E-state index in [9.17, 15) is 24.0 Å². The molecule has 10 heteroatoms. The van der Waals surface area contributed by atoms with E-state index < -0.39 is 58.7 Å². The molecular weight excluding hydrogens is 536 g/mol. The summed E-state index contributed by atoms with van der Waals surface area (Å²) in [7, 11) is 0. The average Bonchev–Trinajstić information content (AvgIpc) is 3.40. The smallest absolute Gasteiger partial charge is 0.408 e. The molecule has 1 saturated heterocycles. The lowest BCUT2D eigenvalue weighted by Gasteiger charge is -2.36. The number of carbonyl (C=O) groups excluding carboxylic acids is 5. The van der Waals surface area contributed by atoms with Gasteiger partial charge in [-0.25, -0.2) is 4.79 Å². The van der Waals surface area contributed by atoms with Crippen molar-refractivity contribution in [2.45, 2.75) is 91.0 Å². The predicted octanol–water partition coefficient (Wildman–Crippen LogP) is 3.10. The van der Waals surface area contributed by atoms with Crippen LogP contribution in [0.4, 0.5) is 4.79 Å². The minimum atomic E-state index is -1.10. The Kier molecular flexibility index (Phi) is 12.3. The molecule has 42 heavy (non-hydrogen) atoms. The lowest BCUT2D eigenvalue weighted by molar-refractivity contribution is -0.144. The Morgan fingerprint density at radius 3 is 2.33 bits per heavy atom. The first-order chi connectivity index (χ1) is 19.6. The van der Waals surface area contributed by atoms with Gasteiger partial charge in [0.15, 0.2) is 0 Å². The van der Waals surface area contributed by atoms with E-state index in [-0.39, 0.29) is 13.0 Å². The van der Waals surface area contributed by atoms with Crippen LogP contribution >= 0.6 is 0 Å². The molecule has 0 aliphatic carbocycles. The van der Waals surface area contributed by atoms with Crippen molar-refractivity contribution in [1.82, 2.24) is 20.9 Å². The zero-order valence-corrected chi connectivity index (χ0v) is 25.5. The van der Waals surface area contributed by atoms with Gasteiger partial charge in [0.05, 0.1) is 12.6 Å². The molecule has 1 aromatic carbocycles. The van der Waals surface area contributed by atoms with Gasteiger partial charge in [-0.15, -0.1) is 6.58 Å². The normalized spacial score (nSPS) is 16.2. The molecular formula is C32H44N4O6. The second kappa shape index (κ2) is 15.2. The maximum Gasteiger partial charge on any atom is 0.408 e. The molecule has 4 amide bonds. The summed E-state index contributed by atoms with van der Waals surface area (Å²) in [6, 6.07) is 6.30. The molecule has 3 N–H and O–H groups in total. The van der Waals surface area contributed by atoms with Gasteiger partial charge in [-0.1, -0.05) is 56.9 Å². The van der Waals surface area contributed by atoms with Gasteiger partial charge >= 0.3 is 6.09 Å². The largest absolute Gasteiger partial charge is 0.444 e. The molecule has 3 atom stereocenters. The summed E-state index contributed by atoms with van der Waals surface area (Å²) < 4.78 is 5.36. The summed E-state index contributed by atoms with van der Waals surface area (Å²) >= 11 is 0. The molecule has 0 aromatic heterocycles. The molecule has 0 saturated carbocycles. The Morgan fingerprint density at radius 2 is 1.74 bits per heavy atom. The second-order valence-corrected chi connectivity index (χ2v) is 12.3. The van der Waals surface area contributed by atoms with Crippen molar-refractivity contribution >= 4 is 29.6 Å². The third kappa shape index (κ3) is 10.7. The Bertz CT molecular complexity index is 1200. The Morgan fingerprint density at radius 1 is 1.07 bits per heavy atom. The Hall–Kier alpha value is -4.13. The predicted molar refractivity (Wildman–Crippen MR) is 160 cm³/mol. The number of hydrogen-bond donors (Lipinski definition) is 3. The van der Waals surface area contributed by atoms with Crippen LogP contribution in [0.25, 0.3) is 0 Å². The summed E-state index contributed by atoms with van der Waals surface area (Å²) in [6.45, 7) is 14.5. The van der Waals surface area contributed by atoms with E-state index in [1.54, 1.807) is 26.8 Å². The Balaban J connectivity index is 2.11. The van der Waals surface area contributed by atoms with Crippen molar-refractivity contribution in [1.29, 1.82) is 0 Å². The van der Waals surface area contributed by atoms with E-state index in [0.717, 1.165) is 5.56 Å². The molecule has 0 bridgehead atoms. The first-order valence-corrected chi connectivity index (χ1v) is 14.2. The van der Waals surface area contributed by atoms with Crippen LogP contribution in [0.5, 0.6) is 0 Å². The van der Waals surface area contributed by atoms with E-state index in [0.29, 0.717) is 25.8 Å². The van der Waals surface area contributed by atoms with Crippen LogP contribution < -0.4 is 16.0 Å². The number of likely N-dealkylation sites (tertiary alicyclic amines) is 1. The molecule has 2 rings (SSSR count). The third-order valence-electron chi connectivity index (χ3n) is 6.47. The number of nitrogens with zero attached hydrogens (tertiary/aromatic N) is 1. The van der Waals surface area contributed by atoms with Crippen LogP contribution in [-0.2, 0) is 23.9 Å². The molecule has 0 spiro atoms. The molecule has 0 radical (unpaired) electrons. The number of Topliss-reactive ketones (excluding diaryl/α,β-unsaturated/α-hetero) is 1. The van der Waals surface area contributed by atoms with Crippen LogP contribution in [0, 0.1) is 17.3 Å². The highest BCUT2D eigenvalue weighted by Crippen LogP contribution is 2.26. The molecule has 1 aliphatic heterocycles. The van der Waals surface area contributed by atoms with Crippen molar-refractivity contribution < 1.29 is 28.7 Å². The van der Waals surface area contributed by atoms with Crippen molar-refractivity contribution in [3.8, 4) is 11.8 Å². The highest BCUT2D eigenvalue weighted by molar-refractivity contribution is 6.38. The monoisotopic (exact) mass is 580 g/mol. The number of carbonyl (C=O) groups is 5. The van der Waals surface area contributed by atoms with Gasteiger partial charge in [0, 0.05) is 12.1 Å². The molecule has 1 heterocycles. The van der Waals surface area contributed by atoms with Gasteiger partial charge in [-0.2, -0.15) is 0 Å². The minimum absolute atomic E-state index is 0.0364. The maximum atomic E-state index is 13.7. The van der Waals surface area contributed by atoms with E-state index in [4.69, 9.17) is 4.74 Å². The average molecular weight is 581 g/mol. The van der Waals surface area contributed by atoms with Crippen LogP contribution in [0.15, 0.2) is 43.0 Å². The highest BCUT2D eigenvalue weighted by Gasteiger charge is 2.43. The van der Waals surface area contributed by atoms with E-state index in [1.165, 1.54) is 4.90 Å². The third-order valence-corrected chi connectivity index (χ3v) is 6.47. The van der Waals surface area contributed by atoms with Crippen LogP contribution in [-0.4, -0.2) is 71.3 Å². The number of hydrogen-bond acceptors (Lipinski definition) is 6. The van der Waals surface area contributed by atoms with E-state index in [1.807, 2.05) is 51.1 Å². The van der Waals surface area contributed by atoms with E-state index in [2.05, 4.69) is 34.4 Å². The zero-order chi connectivity index (χ0) is 31.5. The molecule has 228 valence electrons. The number of alkyl carbamates (subject to hydrolysis) is 1. The van der Waals surface area contributed by atoms with Gasteiger partial charge in [0.2, 0.25) is 17.6 Å². The van der Waals surface area contributed by atoms with Crippen molar-refractivity contribution in [3.05, 3.63) is 48.6 Å². The van der Waals surface area contributed by atoms with E-state index >= 15 is 0 Å². The van der Waals surface area contributed by atoms with Gasteiger partial charge in [-0.3, -0.25) is 19.2 Å². The first-order valence-electron chi connectivity index (χ1n) is 14.2. The quantitative estimate of drug-likeness (QED) is 0.221. The zero-order valence-electron chi connectivity index (χ0n) is 25.5. The maximum absolute atomic E-state index is 13.7. The summed E-state index contributed by atoms with van der Waals surface area (Å²) in [6.07, 6.45) is 2.37. The summed E-state index contributed by atoms with van der Waals surface area (Å²) in [4.78, 5) is 66.7. The SMILES string of the molecule is C=CCCC(NC(=O)[C@@H]1CCCN1C(=O)[C@@H](NC(=O)OC(C)(C)C)C(C)(C)C)C(=O)C(=O)NCC#Cc1ccccc1. The molecule has 1 fully saturated rings. The number of nitrogens with one attached hydrogen (secondary N) is 3. The van der Waals surface area contributed by atoms with Gasteiger partial charge in [0.1, 0.15) is 17.7 Å². The number of benzene rings is 1. The molecule has 1 unspecified atom stereocenters. The Labute approximate surface area is 249 Å². The number of ketones is 1. The highest BCUT2D eigenvalue weighted by atomic mass is 16.6. The van der Waals surface area contributed by atoms with Crippen molar-refractivity contribution in [2.75, 3.05) is 13.1 Å². The molecule has 1 aliphatic rings. The summed E-state index contributed by atoms with van der Waals surface area (Å²) in [5.41, 5.74) is -0.652. The molecule has 10 nitrogen and oxygen atoms in total. The van der Waals surface area contributed by atoms with Gasteiger partial charge in [-0.05, 0) is 64.0 Å². The fourth-order valence-electron chi connectivity index (χ4n) is 4.40. The lowest BCUT2D eigenvalue weighted by Crippen LogP contribution is -2.59. The number of rotatable bonds is 10. The fourth-order valence-corrected chi connectivity index (χ4v) is 4.40. The van der Waals surface area contributed by atoms with Crippen molar-refractivity contribution in [2.24, 2.45) is 5.41 Å². The summed E-state index contributed by atoms with van der Waals surface area (Å²) in [5, 5.41) is 7.85. The van der Waals surface area contributed by atoms with Crippen LogP contribution in [0.3, 0.4) is 0 Å². The second-order valence-electron chi connectivity index (χ2n) is 12.3. The fraction of sp³-hybridized carbons (Fsp3) is 0.531. The summed E-state index contributed by atoms with van der Waals surface area (Å²) in [5.74, 6) is 3.08. The lowest BCUT2D eigenvalue weighted by atomic mass is 9.85. The number of allylic oxidation sites excluding steroid dienone is 1. The standard InChI is InChI=1S/C32H44N4O6/c1-8-9-18-23(25(37)28(39)33-20-13-17-22-15-11-10-12-16-22)34-27(38)24-19-14-21-36(24)29(40)26(31(2,3)4)35-30(41)42-32(5,6)7/h8,10-12,15-16,23-24,26H,1,9,14,18-21H2,2-7H3,(H,33,39)(H,34,38)(H,35,41)/t23?,24-,26+/m0/s1. The first kappa shape index (κ1) is 34.1. The number of amides is 4. The van der Waals surface area contributed by atoms with Gasteiger partial charge in [0.25, 0.3) is 5.91 Å².